The standard InChI is InChI=1S/C18H20BrN3O3/c1-10(2)22-9-13(8-20-22)21-18(23)12-5-15(24-11(3)4)14-7-17(19)25-16(14)6-12/h5-11H,1-4H3,(H,21,23). The summed E-state index contributed by atoms with van der Waals surface area (Å²) in [7, 11) is 0. The number of carbonyl (C=O) groups excluding carboxylic acids is 1. The third kappa shape index (κ3) is 3.87. The van der Waals surface area contributed by atoms with E-state index in [4.69, 9.17) is 9.15 Å². The van der Waals surface area contributed by atoms with Crippen molar-refractivity contribution in [1.29, 1.82) is 0 Å². The molecule has 0 aliphatic heterocycles. The molecule has 2 heterocycles. The molecule has 7 heteroatoms. The van der Waals surface area contributed by atoms with Gasteiger partial charge in [0.25, 0.3) is 5.91 Å². The van der Waals surface area contributed by atoms with Crippen LogP contribution in [0.5, 0.6) is 5.75 Å². The maximum absolute atomic E-state index is 12.6. The summed E-state index contributed by atoms with van der Waals surface area (Å²) < 4.78 is 13.8. The van der Waals surface area contributed by atoms with Crippen LogP contribution in [0.2, 0.25) is 0 Å². The topological polar surface area (TPSA) is 69.3 Å². The van der Waals surface area contributed by atoms with Gasteiger partial charge in [-0.15, -0.1) is 0 Å². The Kier molecular flexibility index (Phi) is 4.85. The fourth-order valence-electron chi connectivity index (χ4n) is 2.45. The van der Waals surface area contributed by atoms with Crippen molar-refractivity contribution in [2.24, 2.45) is 0 Å². The summed E-state index contributed by atoms with van der Waals surface area (Å²) in [5.41, 5.74) is 1.70. The summed E-state index contributed by atoms with van der Waals surface area (Å²) in [6, 6.07) is 5.50. The molecule has 0 unspecified atom stereocenters. The van der Waals surface area contributed by atoms with Gasteiger partial charge < -0.3 is 14.5 Å². The number of aromatic nitrogens is 2. The number of furan rings is 1. The first kappa shape index (κ1) is 17.5. The number of benzene rings is 1. The smallest absolute Gasteiger partial charge is 0.256 e. The average molecular weight is 406 g/mol. The summed E-state index contributed by atoms with van der Waals surface area (Å²) >= 11 is 3.32. The van der Waals surface area contributed by atoms with E-state index in [0.29, 0.717) is 27.3 Å². The Morgan fingerprint density at radius 3 is 2.68 bits per heavy atom. The number of carbonyl (C=O) groups is 1. The Hall–Kier alpha value is -2.28. The molecule has 0 saturated carbocycles. The molecule has 1 amide bonds. The number of amides is 1. The van der Waals surface area contributed by atoms with E-state index in [1.165, 1.54) is 0 Å². The number of hydrogen-bond donors (Lipinski definition) is 1. The summed E-state index contributed by atoms with van der Waals surface area (Å²) in [5.74, 6) is 0.372. The first-order chi connectivity index (χ1) is 11.8. The second-order valence-electron chi connectivity index (χ2n) is 6.36. The van der Waals surface area contributed by atoms with Crippen molar-refractivity contribution in [3.05, 3.63) is 40.8 Å². The predicted octanol–water partition coefficient (Wildman–Crippen LogP) is 5.01. The minimum absolute atomic E-state index is 0.0144. The van der Waals surface area contributed by atoms with Crippen LogP contribution in [-0.2, 0) is 0 Å². The molecule has 3 rings (SSSR count). The Balaban J connectivity index is 1.92. The summed E-state index contributed by atoms with van der Waals surface area (Å²) in [4.78, 5) is 12.6. The molecule has 1 N–H and O–H groups in total. The number of halogens is 1. The normalized spacial score (nSPS) is 11.5. The van der Waals surface area contributed by atoms with E-state index >= 15 is 0 Å². The van der Waals surface area contributed by atoms with Gasteiger partial charge in [0.05, 0.1) is 23.4 Å². The van der Waals surface area contributed by atoms with Crippen LogP contribution in [0.15, 0.2) is 39.7 Å². The summed E-state index contributed by atoms with van der Waals surface area (Å²) in [6.07, 6.45) is 3.42. The molecule has 0 aliphatic rings. The number of nitrogens with zero attached hydrogens (tertiary/aromatic N) is 2. The maximum atomic E-state index is 12.6. The molecule has 0 fully saturated rings. The zero-order valence-corrected chi connectivity index (χ0v) is 16.1. The Labute approximate surface area is 154 Å². The Morgan fingerprint density at radius 1 is 1.28 bits per heavy atom. The zero-order chi connectivity index (χ0) is 18.1. The highest BCUT2D eigenvalue weighted by Gasteiger charge is 2.16. The molecule has 2 aromatic heterocycles. The molecule has 0 bridgehead atoms. The van der Waals surface area contributed by atoms with Gasteiger partial charge in [0.1, 0.15) is 11.3 Å². The molecular formula is C18H20BrN3O3. The van der Waals surface area contributed by atoms with Crippen molar-refractivity contribution in [3.63, 3.8) is 0 Å². The molecule has 3 aromatic rings. The minimum Gasteiger partial charge on any atom is -0.490 e. The van der Waals surface area contributed by atoms with Crippen LogP contribution in [0.25, 0.3) is 11.0 Å². The van der Waals surface area contributed by atoms with Gasteiger partial charge in [0.15, 0.2) is 4.67 Å². The van der Waals surface area contributed by atoms with E-state index in [1.807, 2.05) is 33.8 Å². The SMILES string of the molecule is CC(C)Oc1cc(C(=O)Nc2cnn(C(C)C)c2)cc2oc(Br)cc12. The summed E-state index contributed by atoms with van der Waals surface area (Å²) in [6.45, 7) is 7.93. The van der Waals surface area contributed by atoms with Gasteiger partial charge in [0, 0.05) is 23.9 Å². The number of fused-ring (bicyclic) bond motifs is 1. The van der Waals surface area contributed by atoms with Gasteiger partial charge in [-0.1, -0.05) is 0 Å². The Bertz CT molecular complexity index is 912. The van der Waals surface area contributed by atoms with Crippen LogP contribution in [0.4, 0.5) is 5.69 Å². The van der Waals surface area contributed by atoms with E-state index in [0.717, 1.165) is 5.39 Å². The lowest BCUT2D eigenvalue weighted by atomic mass is 10.1. The number of hydrogen-bond acceptors (Lipinski definition) is 4. The van der Waals surface area contributed by atoms with Crippen molar-refractivity contribution in [3.8, 4) is 5.75 Å². The van der Waals surface area contributed by atoms with Crippen molar-refractivity contribution in [1.82, 2.24) is 9.78 Å². The lowest BCUT2D eigenvalue weighted by molar-refractivity contribution is 0.102. The molecule has 0 spiro atoms. The fraction of sp³-hybridized carbons (Fsp3) is 0.333. The molecule has 0 saturated heterocycles. The van der Waals surface area contributed by atoms with Crippen LogP contribution in [-0.4, -0.2) is 21.8 Å². The highest BCUT2D eigenvalue weighted by Crippen LogP contribution is 2.33. The zero-order valence-electron chi connectivity index (χ0n) is 14.5. The highest BCUT2D eigenvalue weighted by atomic mass is 79.9. The van der Waals surface area contributed by atoms with E-state index in [-0.39, 0.29) is 18.1 Å². The van der Waals surface area contributed by atoms with Gasteiger partial charge in [-0.25, -0.2) is 0 Å². The van der Waals surface area contributed by atoms with Crippen LogP contribution >= 0.6 is 15.9 Å². The van der Waals surface area contributed by atoms with Crippen molar-refractivity contribution < 1.29 is 13.9 Å². The van der Waals surface area contributed by atoms with E-state index in [1.54, 1.807) is 29.2 Å². The molecule has 6 nitrogen and oxygen atoms in total. The number of ether oxygens (including phenoxy) is 1. The third-order valence-corrected chi connectivity index (χ3v) is 3.97. The van der Waals surface area contributed by atoms with Gasteiger partial charge >= 0.3 is 0 Å². The minimum atomic E-state index is -0.244. The highest BCUT2D eigenvalue weighted by molar-refractivity contribution is 9.10. The molecular weight excluding hydrogens is 386 g/mol. The largest absolute Gasteiger partial charge is 0.490 e. The van der Waals surface area contributed by atoms with Crippen LogP contribution in [0.1, 0.15) is 44.1 Å². The number of nitrogens with one attached hydrogen (secondary N) is 1. The first-order valence-electron chi connectivity index (χ1n) is 8.08. The van der Waals surface area contributed by atoms with Gasteiger partial charge in [-0.3, -0.25) is 9.48 Å². The van der Waals surface area contributed by atoms with E-state index in [9.17, 15) is 4.79 Å². The first-order valence-corrected chi connectivity index (χ1v) is 8.88. The molecule has 0 aliphatic carbocycles. The van der Waals surface area contributed by atoms with Gasteiger partial charge in [-0.2, -0.15) is 5.10 Å². The average Bonchev–Trinajstić information content (AvgIpc) is 3.12. The van der Waals surface area contributed by atoms with Crippen molar-refractivity contribution in [2.75, 3.05) is 5.32 Å². The van der Waals surface area contributed by atoms with Gasteiger partial charge in [-0.05, 0) is 55.8 Å². The van der Waals surface area contributed by atoms with Crippen LogP contribution in [0, 0.1) is 0 Å². The number of rotatable bonds is 5. The quantitative estimate of drug-likeness (QED) is 0.647. The second kappa shape index (κ2) is 6.92. The maximum Gasteiger partial charge on any atom is 0.256 e. The monoisotopic (exact) mass is 405 g/mol. The predicted molar refractivity (Wildman–Crippen MR) is 100 cm³/mol. The third-order valence-electron chi connectivity index (χ3n) is 3.58. The van der Waals surface area contributed by atoms with E-state index in [2.05, 4.69) is 26.3 Å². The molecule has 1 aromatic carbocycles. The molecule has 25 heavy (non-hydrogen) atoms. The molecule has 0 radical (unpaired) electrons. The van der Waals surface area contributed by atoms with Crippen LogP contribution < -0.4 is 10.1 Å². The van der Waals surface area contributed by atoms with E-state index < -0.39 is 0 Å². The van der Waals surface area contributed by atoms with Crippen molar-refractivity contribution >= 4 is 38.5 Å². The molecule has 132 valence electrons. The van der Waals surface area contributed by atoms with Crippen LogP contribution in [0.3, 0.4) is 0 Å². The lowest BCUT2D eigenvalue weighted by Gasteiger charge is -2.12. The summed E-state index contributed by atoms with van der Waals surface area (Å²) in [5, 5.41) is 7.90. The Morgan fingerprint density at radius 2 is 2.04 bits per heavy atom. The van der Waals surface area contributed by atoms with Gasteiger partial charge in [0.2, 0.25) is 0 Å². The molecule has 0 atom stereocenters. The number of anilines is 1. The van der Waals surface area contributed by atoms with Crippen molar-refractivity contribution in [2.45, 2.75) is 39.8 Å². The fourth-order valence-corrected chi connectivity index (χ4v) is 2.85. The second-order valence-corrected chi connectivity index (χ2v) is 7.14. The lowest BCUT2D eigenvalue weighted by Crippen LogP contribution is -2.12.